The van der Waals surface area contributed by atoms with Crippen molar-refractivity contribution in [1.29, 1.82) is 0 Å². The minimum atomic E-state index is -4.53. The van der Waals surface area contributed by atoms with E-state index in [1.54, 1.807) is 60.3 Å². The molecule has 0 saturated heterocycles. The smallest absolute Gasteiger partial charge is 0.416 e. The van der Waals surface area contributed by atoms with Gasteiger partial charge in [0.2, 0.25) is 0 Å². The van der Waals surface area contributed by atoms with Gasteiger partial charge in [0, 0.05) is 15.4 Å². The Labute approximate surface area is 248 Å². The predicted octanol–water partition coefficient (Wildman–Crippen LogP) is 8.27. The van der Waals surface area contributed by atoms with Crippen LogP contribution in [0.15, 0.2) is 85.1 Å². The molecule has 11 heteroatoms. The van der Waals surface area contributed by atoms with Gasteiger partial charge in [-0.2, -0.15) is 18.3 Å². The fourth-order valence-electron chi connectivity index (χ4n) is 4.72. The first-order valence-corrected chi connectivity index (χ1v) is 13.4. The van der Waals surface area contributed by atoms with Crippen LogP contribution in [0.1, 0.15) is 50.4 Å². The highest BCUT2D eigenvalue weighted by Crippen LogP contribution is 2.34. The molecule has 1 aromatic heterocycles. The van der Waals surface area contributed by atoms with Gasteiger partial charge in [0.05, 0.1) is 41.0 Å². The number of carboxylic acids is 1. The summed E-state index contributed by atoms with van der Waals surface area (Å²) in [4.78, 5) is 25.0. The first-order chi connectivity index (χ1) is 19.9. The van der Waals surface area contributed by atoms with E-state index in [2.05, 4.69) is 10.4 Å². The summed E-state index contributed by atoms with van der Waals surface area (Å²) in [7, 11) is 0. The van der Waals surface area contributed by atoms with Crippen molar-refractivity contribution in [1.82, 2.24) is 15.1 Å². The molecule has 0 aliphatic rings. The molecule has 0 spiro atoms. The van der Waals surface area contributed by atoms with E-state index in [0.29, 0.717) is 32.1 Å². The van der Waals surface area contributed by atoms with Crippen molar-refractivity contribution >= 4 is 46.0 Å². The Morgan fingerprint density at radius 1 is 0.952 bits per heavy atom. The van der Waals surface area contributed by atoms with Crippen molar-refractivity contribution < 1.29 is 27.9 Å². The zero-order valence-electron chi connectivity index (χ0n) is 21.9. The number of halogens is 5. The van der Waals surface area contributed by atoms with Crippen LogP contribution >= 0.6 is 23.2 Å². The number of carbonyl (C=O) groups is 2. The second kappa shape index (κ2) is 11.5. The van der Waals surface area contributed by atoms with Crippen LogP contribution < -0.4 is 5.32 Å². The Hall–Kier alpha value is -4.34. The van der Waals surface area contributed by atoms with Crippen molar-refractivity contribution in [2.45, 2.75) is 25.7 Å². The summed E-state index contributed by atoms with van der Waals surface area (Å²) in [6, 6.07) is 18.7. The van der Waals surface area contributed by atoms with E-state index in [1.165, 1.54) is 24.3 Å². The molecule has 5 rings (SSSR count). The summed E-state index contributed by atoms with van der Waals surface area (Å²) in [6.45, 7) is 1.96. The number of fused-ring (bicyclic) bond motifs is 1. The number of alkyl halides is 3. The second-order valence-electron chi connectivity index (χ2n) is 9.74. The van der Waals surface area contributed by atoms with E-state index < -0.39 is 29.7 Å². The lowest BCUT2D eigenvalue weighted by atomic mass is 9.98. The van der Waals surface area contributed by atoms with Gasteiger partial charge in [-0.05, 0) is 83.8 Å². The van der Waals surface area contributed by atoms with Crippen molar-refractivity contribution in [2.24, 2.45) is 0 Å². The molecule has 2 N–H and O–H groups in total. The number of carboxylic acid groups (broad SMARTS) is 1. The number of nitrogens with zero attached hydrogens (tertiary/aromatic N) is 2. The molecule has 0 aliphatic carbocycles. The van der Waals surface area contributed by atoms with Gasteiger partial charge < -0.3 is 10.4 Å². The summed E-state index contributed by atoms with van der Waals surface area (Å²) in [5.41, 5.74) is 2.05. The van der Waals surface area contributed by atoms with Crippen LogP contribution in [0.5, 0.6) is 0 Å². The molecule has 0 aliphatic heterocycles. The van der Waals surface area contributed by atoms with Crippen LogP contribution in [-0.2, 0) is 12.7 Å². The third-order valence-electron chi connectivity index (χ3n) is 6.76. The summed E-state index contributed by atoms with van der Waals surface area (Å²) in [5, 5.41) is 18.0. The number of benzene rings is 4. The van der Waals surface area contributed by atoms with Gasteiger partial charge >= 0.3 is 12.1 Å². The van der Waals surface area contributed by atoms with Crippen molar-refractivity contribution in [3.63, 3.8) is 0 Å². The molecule has 0 fully saturated rings. The average molecular weight is 612 g/mol. The number of aromatic carboxylic acids is 1. The highest BCUT2D eigenvalue weighted by Gasteiger charge is 2.30. The van der Waals surface area contributed by atoms with E-state index in [4.69, 9.17) is 23.2 Å². The number of rotatable bonds is 7. The maximum atomic E-state index is 13.8. The number of nitrogens with one attached hydrogen (secondary N) is 1. The standard InChI is InChI=1S/C31H22Cl2F3N3O3/c1-17(19-5-7-20(8-6-19)30(41)42)38-29(40)27-13-22(21-3-2-4-24(12-21)31(34,35)36)11-23-15-37-39(28(23)27)16-18-9-25(32)14-26(33)10-18/h2-15,17H,16H2,1H3,(H,38,40)(H,41,42)/t17-/m0/s1. The summed E-state index contributed by atoms with van der Waals surface area (Å²) < 4.78 is 42.0. The third kappa shape index (κ3) is 6.27. The summed E-state index contributed by atoms with van der Waals surface area (Å²) >= 11 is 12.4. The Bertz CT molecular complexity index is 1800. The first kappa shape index (κ1) is 29.2. The zero-order valence-corrected chi connectivity index (χ0v) is 23.4. The van der Waals surface area contributed by atoms with Gasteiger partial charge in [-0.3, -0.25) is 9.48 Å². The van der Waals surface area contributed by atoms with Gasteiger partial charge in [-0.15, -0.1) is 0 Å². The molecule has 0 bridgehead atoms. The molecule has 0 saturated carbocycles. The fraction of sp³-hybridized carbons (Fsp3) is 0.129. The van der Waals surface area contributed by atoms with E-state index in [1.807, 2.05) is 0 Å². The highest BCUT2D eigenvalue weighted by molar-refractivity contribution is 6.34. The number of aromatic nitrogens is 2. The SMILES string of the molecule is C[C@H](NC(=O)c1cc(-c2cccc(C(F)(F)F)c2)cc2cnn(Cc3cc(Cl)cc(Cl)c3)c12)c1ccc(C(=O)O)cc1. The van der Waals surface area contributed by atoms with Crippen LogP contribution in [0.25, 0.3) is 22.0 Å². The molecular formula is C31H22Cl2F3N3O3. The molecule has 42 heavy (non-hydrogen) atoms. The highest BCUT2D eigenvalue weighted by atomic mass is 35.5. The number of hydrogen-bond acceptors (Lipinski definition) is 3. The zero-order chi connectivity index (χ0) is 30.2. The fourth-order valence-corrected chi connectivity index (χ4v) is 5.29. The molecule has 6 nitrogen and oxygen atoms in total. The van der Waals surface area contributed by atoms with Crippen molar-refractivity contribution in [2.75, 3.05) is 0 Å². The predicted molar refractivity (Wildman–Crippen MR) is 155 cm³/mol. The molecule has 4 aromatic carbocycles. The molecule has 0 unspecified atom stereocenters. The Balaban J connectivity index is 1.58. The molecule has 1 amide bonds. The van der Waals surface area contributed by atoms with Crippen LogP contribution in [0.2, 0.25) is 10.0 Å². The monoisotopic (exact) mass is 611 g/mol. The quantitative estimate of drug-likeness (QED) is 0.194. The molecular weight excluding hydrogens is 590 g/mol. The average Bonchev–Trinajstić information content (AvgIpc) is 3.34. The van der Waals surface area contributed by atoms with Crippen LogP contribution in [-0.4, -0.2) is 26.8 Å². The normalized spacial score (nSPS) is 12.3. The first-order valence-electron chi connectivity index (χ1n) is 12.7. The minimum absolute atomic E-state index is 0.109. The Morgan fingerprint density at radius 3 is 2.29 bits per heavy atom. The lowest BCUT2D eigenvalue weighted by Crippen LogP contribution is -2.27. The maximum Gasteiger partial charge on any atom is 0.416 e. The van der Waals surface area contributed by atoms with Gasteiger partial charge in [-0.25, -0.2) is 4.79 Å². The summed E-state index contributed by atoms with van der Waals surface area (Å²) in [6.07, 6.45) is -2.99. The molecule has 5 aromatic rings. The lowest BCUT2D eigenvalue weighted by molar-refractivity contribution is -0.137. The van der Waals surface area contributed by atoms with Gasteiger partial charge in [-0.1, -0.05) is 47.5 Å². The van der Waals surface area contributed by atoms with Crippen LogP contribution in [0.4, 0.5) is 13.2 Å². The number of hydrogen-bond donors (Lipinski definition) is 2. The van der Waals surface area contributed by atoms with Gasteiger partial charge in [0.25, 0.3) is 5.91 Å². The molecule has 0 radical (unpaired) electrons. The largest absolute Gasteiger partial charge is 0.478 e. The number of amides is 1. The number of carbonyl (C=O) groups excluding carboxylic acids is 1. The Kier molecular flexibility index (Phi) is 7.99. The van der Waals surface area contributed by atoms with E-state index in [-0.39, 0.29) is 23.2 Å². The summed E-state index contributed by atoms with van der Waals surface area (Å²) in [5.74, 6) is -1.56. The third-order valence-corrected chi connectivity index (χ3v) is 7.20. The van der Waals surface area contributed by atoms with Crippen LogP contribution in [0, 0.1) is 0 Å². The van der Waals surface area contributed by atoms with E-state index in [9.17, 15) is 27.9 Å². The van der Waals surface area contributed by atoms with Crippen molar-refractivity contribution in [3.05, 3.63) is 123 Å². The second-order valence-corrected chi connectivity index (χ2v) is 10.6. The molecule has 214 valence electrons. The van der Waals surface area contributed by atoms with Gasteiger partial charge in [0.15, 0.2) is 0 Å². The topological polar surface area (TPSA) is 84.2 Å². The van der Waals surface area contributed by atoms with E-state index >= 15 is 0 Å². The lowest BCUT2D eigenvalue weighted by Gasteiger charge is -2.17. The van der Waals surface area contributed by atoms with E-state index in [0.717, 1.165) is 17.7 Å². The minimum Gasteiger partial charge on any atom is -0.478 e. The van der Waals surface area contributed by atoms with Gasteiger partial charge in [0.1, 0.15) is 0 Å². The van der Waals surface area contributed by atoms with Crippen LogP contribution in [0.3, 0.4) is 0 Å². The van der Waals surface area contributed by atoms with Crippen molar-refractivity contribution in [3.8, 4) is 11.1 Å². The maximum absolute atomic E-state index is 13.8. The Morgan fingerprint density at radius 2 is 1.64 bits per heavy atom. The molecule has 1 heterocycles. The molecule has 1 atom stereocenters.